The van der Waals surface area contributed by atoms with E-state index in [1.54, 1.807) is 12.4 Å². The second-order valence-electron chi connectivity index (χ2n) is 5.55. The highest BCUT2D eigenvalue weighted by Gasteiger charge is 2.24. The van der Waals surface area contributed by atoms with Crippen LogP contribution in [0.5, 0.6) is 0 Å². The van der Waals surface area contributed by atoms with Gasteiger partial charge in [0.05, 0.1) is 4.47 Å². The standard InChI is InChI=1S/C14H20BrN5O/c15-11-9-17-14(18-10-11)20-7-5-19(6-8-20)13(21)3-4-16-12-1-2-12/h9-10,12,16H,1-8H2. The Morgan fingerprint density at radius 2 is 1.90 bits per heavy atom. The molecule has 1 aromatic rings. The van der Waals surface area contributed by atoms with Gasteiger partial charge in [-0.15, -0.1) is 0 Å². The zero-order valence-electron chi connectivity index (χ0n) is 12.0. The van der Waals surface area contributed by atoms with E-state index in [2.05, 4.69) is 36.1 Å². The Labute approximate surface area is 133 Å². The van der Waals surface area contributed by atoms with Gasteiger partial charge in [-0.1, -0.05) is 0 Å². The van der Waals surface area contributed by atoms with Crippen LogP contribution in [0.3, 0.4) is 0 Å². The predicted molar refractivity (Wildman–Crippen MR) is 84.2 cm³/mol. The Balaban J connectivity index is 1.43. The number of halogens is 1. The number of hydrogen-bond donors (Lipinski definition) is 1. The molecule has 1 saturated carbocycles. The third kappa shape index (κ3) is 4.14. The fourth-order valence-corrected chi connectivity index (χ4v) is 2.66. The number of aromatic nitrogens is 2. The maximum absolute atomic E-state index is 12.1. The van der Waals surface area contributed by atoms with E-state index >= 15 is 0 Å². The first-order chi connectivity index (χ1) is 10.2. The summed E-state index contributed by atoms with van der Waals surface area (Å²) in [6.45, 7) is 3.90. The molecular weight excluding hydrogens is 334 g/mol. The van der Waals surface area contributed by atoms with Crippen molar-refractivity contribution in [3.63, 3.8) is 0 Å². The summed E-state index contributed by atoms with van der Waals surface area (Å²) < 4.78 is 0.878. The highest BCUT2D eigenvalue weighted by atomic mass is 79.9. The van der Waals surface area contributed by atoms with Crippen LogP contribution in [0.1, 0.15) is 19.3 Å². The lowest BCUT2D eigenvalue weighted by atomic mass is 10.3. The molecule has 2 aliphatic rings. The number of carbonyl (C=O) groups excluding carboxylic acids is 1. The third-order valence-corrected chi connectivity index (χ3v) is 4.28. The van der Waals surface area contributed by atoms with Gasteiger partial charge in [-0.2, -0.15) is 0 Å². The van der Waals surface area contributed by atoms with Crippen LogP contribution in [-0.4, -0.2) is 59.5 Å². The summed E-state index contributed by atoms with van der Waals surface area (Å²) >= 11 is 3.33. The monoisotopic (exact) mass is 353 g/mol. The zero-order chi connectivity index (χ0) is 14.7. The molecule has 7 heteroatoms. The minimum atomic E-state index is 0.250. The van der Waals surface area contributed by atoms with Crippen LogP contribution in [-0.2, 0) is 4.79 Å². The first-order valence-corrected chi connectivity index (χ1v) is 8.25. The van der Waals surface area contributed by atoms with Crippen LogP contribution in [0.25, 0.3) is 0 Å². The molecule has 114 valence electrons. The number of amides is 1. The normalized spacial score (nSPS) is 18.9. The smallest absolute Gasteiger partial charge is 0.225 e. The van der Waals surface area contributed by atoms with Crippen molar-refractivity contribution in [2.75, 3.05) is 37.6 Å². The van der Waals surface area contributed by atoms with Gasteiger partial charge < -0.3 is 15.1 Å². The molecule has 0 bridgehead atoms. The van der Waals surface area contributed by atoms with Gasteiger partial charge in [0.15, 0.2) is 0 Å². The van der Waals surface area contributed by atoms with Crippen LogP contribution in [0.4, 0.5) is 5.95 Å². The maximum Gasteiger partial charge on any atom is 0.225 e. The Morgan fingerprint density at radius 1 is 1.24 bits per heavy atom. The Bertz CT molecular complexity index is 483. The van der Waals surface area contributed by atoms with Gasteiger partial charge >= 0.3 is 0 Å². The summed E-state index contributed by atoms with van der Waals surface area (Å²) in [5.41, 5.74) is 0. The number of nitrogens with one attached hydrogen (secondary N) is 1. The summed E-state index contributed by atoms with van der Waals surface area (Å²) in [6.07, 6.45) is 6.64. The van der Waals surface area contributed by atoms with Crippen molar-refractivity contribution in [3.8, 4) is 0 Å². The van der Waals surface area contributed by atoms with Crippen molar-refractivity contribution >= 4 is 27.8 Å². The molecule has 0 aromatic carbocycles. The van der Waals surface area contributed by atoms with Gasteiger partial charge in [-0.05, 0) is 28.8 Å². The molecule has 3 rings (SSSR count). The lowest BCUT2D eigenvalue weighted by molar-refractivity contribution is -0.131. The van der Waals surface area contributed by atoms with Crippen LogP contribution in [0.2, 0.25) is 0 Å². The van der Waals surface area contributed by atoms with Crippen molar-refractivity contribution in [2.24, 2.45) is 0 Å². The molecular formula is C14H20BrN5O. The largest absolute Gasteiger partial charge is 0.339 e. The fourth-order valence-electron chi connectivity index (χ4n) is 2.45. The molecule has 1 aliphatic carbocycles. The minimum absolute atomic E-state index is 0.250. The minimum Gasteiger partial charge on any atom is -0.339 e. The highest BCUT2D eigenvalue weighted by Crippen LogP contribution is 2.18. The average molecular weight is 354 g/mol. The van der Waals surface area contributed by atoms with E-state index in [9.17, 15) is 4.79 Å². The number of anilines is 1. The number of carbonyl (C=O) groups is 1. The van der Waals surface area contributed by atoms with Crippen LogP contribution < -0.4 is 10.2 Å². The molecule has 0 spiro atoms. The molecule has 0 unspecified atom stereocenters. The first-order valence-electron chi connectivity index (χ1n) is 7.46. The van der Waals surface area contributed by atoms with E-state index in [0.717, 1.165) is 43.1 Å². The van der Waals surface area contributed by atoms with Crippen molar-refractivity contribution < 1.29 is 4.79 Å². The molecule has 2 heterocycles. The Morgan fingerprint density at radius 3 is 2.52 bits per heavy atom. The highest BCUT2D eigenvalue weighted by molar-refractivity contribution is 9.10. The molecule has 0 atom stereocenters. The average Bonchev–Trinajstić information content (AvgIpc) is 3.32. The molecule has 1 amide bonds. The predicted octanol–water partition coefficient (Wildman–Crippen LogP) is 1.03. The second kappa shape index (κ2) is 6.70. The lowest BCUT2D eigenvalue weighted by Crippen LogP contribution is -2.49. The first kappa shape index (κ1) is 14.7. The molecule has 1 saturated heterocycles. The topological polar surface area (TPSA) is 61.4 Å². The summed E-state index contributed by atoms with van der Waals surface area (Å²) in [7, 11) is 0. The van der Waals surface area contributed by atoms with Crippen molar-refractivity contribution in [1.82, 2.24) is 20.2 Å². The zero-order valence-corrected chi connectivity index (χ0v) is 13.5. The van der Waals surface area contributed by atoms with E-state index in [-0.39, 0.29) is 5.91 Å². The Kier molecular flexibility index (Phi) is 4.70. The van der Waals surface area contributed by atoms with Crippen molar-refractivity contribution in [2.45, 2.75) is 25.3 Å². The molecule has 1 aromatic heterocycles. The van der Waals surface area contributed by atoms with Crippen molar-refractivity contribution in [1.29, 1.82) is 0 Å². The van der Waals surface area contributed by atoms with Gasteiger partial charge in [0.2, 0.25) is 11.9 Å². The maximum atomic E-state index is 12.1. The second-order valence-corrected chi connectivity index (χ2v) is 6.46. The molecule has 1 N–H and O–H groups in total. The number of nitrogens with zero attached hydrogens (tertiary/aromatic N) is 4. The molecule has 0 radical (unpaired) electrons. The van der Waals surface area contributed by atoms with E-state index < -0.39 is 0 Å². The molecule has 1 aliphatic heterocycles. The van der Waals surface area contributed by atoms with Gasteiger partial charge in [0, 0.05) is 57.6 Å². The van der Waals surface area contributed by atoms with E-state index in [0.29, 0.717) is 12.5 Å². The summed E-state index contributed by atoms with van der Waals surface area (Å²) in [4.78, 5) is 24.8. The van der Waals surface area contributed by atoms with Gasteiger partial charge in [0.1, 0.15) is 0 Å². The summed E-state index contributed by atoms with van der Waals surface area (Å²) in [6, 6.07) is 0.671. The third-order valence-electron chi connectivity index (χ3n) is 3.87. The summed E-state index contributed by atoms with van der Waals surface area (Å²) in [5, 5.41) is 3.38. The lowest BCUT2D eigenvalue weighted by Gasteiger charge is -2.34. The van der Waals surface area contributed by atoms with Crippen LogP contribution in [0.15, 0.2) is 16.9 Å². The summed E-state index contributed by atoms with van der Waals surface area (Å²) in [5.74, 6) is 0.986. The van der Waals surface area contributed by atoms with Gasteiger partial charge in [-0.25, -0.2) is 9.97 Å². The van der Waals surface area contributed by atoms with E-state index in [1.807, 2.05) is 4.90 Å². The van der Waals surface area contributed by atoms with Gasteiger partial charge in [0.25, 0.3) is 0 Å². The number of piperazine rings is 1. The fraction of sp³-hybridized carbons (Fsp3) is 0.643. The van der Waals surface area contributed by atoms with Gasteiger partial charge in [-0.3, -0.25) is 4.79 Å². The SMILES string of the molecule is O=C(CCNC1CC1)N1CCN(c2ncc(Br)cn2)CC1. The molecule has 6 nitrogen and oxygen atoms in total. The van der Waals surface area contributed by atoms with Crippen LogP contribution in [0, 0.1) is 0 Å². The number of rotatable bonds is 5. The quantitative estimate of drug-likeness (QED) is 0.856. The number of hydrogen-bond acceptors (Lipinski definition) is 5. The van der Waals surface area contributed by atoms with Crippen LogP contribution >= 0.6 is 15.9 Å². The molecule has 2 fully saturated rings. The Hall–Kier alpha value is -1.21. The van der Waals surface area contributed by atoms with Crippen molar-refractivity contribution in [3.05, 3.63) is 16.9 Å². The van der Waals surface area contributed by atoms with E-state index in [1.165, 1.54) is 12.8 Å². The van der Waals surface area contributed by atoms with E-state index in [4.69, 9.17) is 0 Å². The molecule has 21 heavy (non-hydrogen) atoms.